The predicted octanol–water partition coefficient (Wildman–Crippen LogP) is 2.03. The molecule has 8 nitrogen and oxygen atoms in total. The van der Waals surface area contributed by atoms with Crippen LogP contribution in [0.4, 0.5) is 5.69 Å². The Hall–Kier alpha value is -2.55. The van der Waals surface area contributed by atoms with Gasteiger partial charge >= 0.3 is 5.69 Å². The van der Waals surface area contributed by atoms with E-state index in [1.165, 1.54) is 23.4 Å². The highest BCUT2D eigenvalue weighted by atomic mass is 32.2. The maximum atomic E-state index is 12.4. The summed E-state index contributed by atoms with van der Waals surface area (Å²) in [6.07, 6.45) is 3.03. The molecule has 156 valence electrons. The third-order valence-corrected chi connectivity index (χ3v) is 5.85. The summed E-state index contributed by atoms with van der Waals surface area (Å²) in [6.45, 7) is 4.69. The van der Waals surface area contributed by atoms with Gasteiger partial charge in [-0.25, -0.2) is 9.48 Å². The van der Waals surface area contributed by atoms with Crippen molar-refractivity contribution in [3.05, 3.63) is 40.6 Å². The molecule has 0 saturated heterocycles. The summed E-state index contributed by atoms with van der Waals surface area (Å²) < 4.78 is 3.28. The zero-order chi connectivity index (χ0) is 20.8. The molecule has 29 heavy (non-hydrogen) atoms. The molecule has 1 atom stereocenters. The second-order valence-corrected chi connectivity index (χ2v) is 8.15. The van der Waals surface area contributed by atoms with Crippen molar-refractivity contribution >= 4 is 29.3 Å². The minimum Gasteiger partial charge on any atom is -0.353 e. The van der Waals surface area contributed by atoms with Crippen molar-refractivity contribution in [3.8, 4) is 0 Å². The van der Waals surface area contributed by atoms with Gasteiger partial charge < -0.3 is 10.6 Å². The van der Waals surface area contributed by atoms with Crippen LogP contribution in [-0.4, -0.2) is 38.0 Å². The standard InChI is InChI=1S/C20H27N5O3S/c1-3-11-25-20(28)24-12-10-15(8-9-18(24)23-25)22-19(27)13-29-17-7-5-4-6-16(17)21-14(2)26/h4-7,15H,3,8-13H2,1-2H3,(H,21,26)(H,22,27). The summed E-state index contributed by atoms with van der Waals surface area (Å²) in [7, 11) is 0. The van der Waals surface area contributed by atoms with Gasteiger partial charge in [-0.1, -0.05) is 19.1 Å². The van der Waals surface area contributed by atoms with E-state index in [1.54, 1.807) is 4.57 Å². The van der Waals surface area contributed by atoms with E-state index in [-0.39, 0.29) is 29.3 Å². The molecule has 0 radical (unpaired) electrons. The lowest BCUT2D eigenvalue weighted by atomic mass is 10.1. The summed E-state index contributed by atoms with van der Waals surface area (Å²) >= 11 is 1.39. The lowest BCUT2D eigenvalue weighted by molar-refractivity contribution is -0.119. The van der Waals surface area contributed by atoms with Crippen LogP contribution in [0, 0.1) is 0 Å². The number of anilines is 1. The number of aromatic nitrogens is 3. The number of nitrogens with one attached hydrogen (secondary N) is 2. The first-order chi connectivity index (χ1) is 14.0. The van der Waals surface area contributed by atoms with Crippen LogP contribution >= 0.6 is 11.8 Å². The number of carbonyl (C=O) groups excluding carboxylic acids is 2. The highest BCUT2D eigenvalue weighted by molar-refractivity contribution is 8.00. The van der Waals surface area contributed by atoms with Gasteiger partial charge in [-0.3, -0.25) is 14.2 Å². The van der Waals surface area contributed by atoms with Gasteiger partial charge in [0.2, 0.25) is 11.8 Å². The molecule has 0 bridgehead atoms. The predicted molar refractivity (Wildman–Crippen MR) is 113 cm³/mol. The number of carbonyl (C=O) groups is 2. The molecule has 3 rings (SSSR count). The number of rotatable bonds is 7. The van der Waals surface area contributed by atoms with Crippen LogP contribution in [0.5, 0.6) is 0 Å². The molecule has 1 aliphatic rings. The summed E-state index contributed by atoms with van der Waals surface area (Å²) in [5.74, 6) is 0.872. The van der Waals surface area contributed by atoms with Crippen LogP contribution in [0.25, 0.3) is 0 Å². The number of nitrogens with zero attached hydrogens (tertiary/aromatic N) is 3. The van der Waals surface area contributed by atoms with Gasteiger partial charge in [-0.2, -0.15) is 5.10 Å². The third kappa shape index (κ3) is 5.50. The summed E-state index contributed by atoms with van der Waals surface area (Å²) in [5, 5.41) is 10.3. The number of amides is 2. The Bertz CT molecular complexity index is 936. The van der Waals surface area contributed by atoms with E-state index in [2.05, 4.69) is 15.7 Å². The molecule has 1 aromatic heterocycles. The first-order valence-corrected chi connectivity index (χ1v) is 10.9. The molecular weight excluding hydrogens is 390 g/mol. The first kappa shape index (κ1) is 21.2. The van der Waals surface area contributed by atoms with E-state index >= 15 is 0 Å². The molecule has 0 saturated carbocycles. The maximum Gasteiger partial charge on any atom is 0.345 e. The van der Waals surface area contributed by atoms with Crippen molar-refractivity contribution in [1.82, 2.24) is 19.7 Å². The van der Waals surface area contributed by atoms with Crippen LogP contribution in [0.3, 0.4) is 0 Å². The Kier molecular flexibility index (Phi) is 7.13. The number of hydrogen-bond acceptors (Lipinski definition) is 5. The number of aryl methyl sites for hydroxylation is 2. The monoisotopic (exact) mass is 417 g/mol. The molecule has 0 spiro atoms. The molecular formula is C20H27N5O3S. The fraction of sp³-hybridized carbons (Fsp3) is 0.500. The number of hydrogen-bond donors (Lipinski definition) is 2. The molecule has 1 aliphatic heterocycles. The van der Waals surface area contributed by atoms with E-state index in [0.29, 0.717) is 31.6 Å². The normalized spacial score (nSPS) is 16.0. The molecule has 2 N–H and O–H groups in total. The van der Waals surface area contributed by atoms with E-state index in [0.717, 1.165) is 23.6 Å². The topological polar surface area (TPSA) is 98.0 Å². The quantitative estimate of drug-likeness (QED) is 0.672. The Balaban J connectivity index is 1.53. The van der Waals surface area contributed by atoms with E-state index in [1.807, 2.05) is 31.2 Å². The average Bonchev–Trinajstić information content (AvgIpc) is 2.85. The Morgan fingerprint density at radius 3 is 2.83 bits per heavy atom. The largest absolute Gasteiger partial charge is 0.353 e. The van der Waals surface area contributed by atoms with Gasteiger partial charge in [0.25, 0.3) is 0 Å². The Morgan fingerprint density at radius 1 is 1.28 bits per heavy atom. The van der Waals surface area contributed by atoms with Gasteiger partial charge in [0.05, 0.1) is 11.4 Å². The van der Waals surface area contributed by atoms with Crippen molar-refractivity contribution in [2.75, 3.05) is 11.1 Å². The van der Waals surface area contributed by atoms with Crippen LogP contribution in [0.2, 0.25) is 0 Å². The zero-order valence-electron chi connectivity index (χ0n) is 16.8. The molecule has 2 aromatic rings. The molecule has 0 aliphatic carbocycles. The van der Waals surface area contributed by atoms with Crippen molar-refractivity contribution in [1.29, 1.82) is 0 Å². The highest BCUT2D eigenvalue weighted by Gasteiger charge is 2.22. The van der Waals surface area contributed by atoms with Gasteiger partial charge in [-0.05, 0) is 31.4 Å². The summed E-state index contributed by atoms with van der Waals surface area (Å²) in [6, 6.07) is 7.45. The lowest BCUT2D eigenvalue weighted by Crippen LogP contribution is -2.36. The van der Waals surface area contributed by atoms with E-state index < -0.39 is 0 Å². The molecule has 9 heteroatoms. The lowest BCUT2D eigenvalue weighted by Gasteiger charge is -2.16. The number of thioether (sulfide) groups is 1. The number of fused-ring (bicyclic) bond motifs is 1. The van der Waals surface area contributed by atoms with Crippen molar-refractivity contribution in [2.45, 2.75) is 63.6 Å². The molecule has 1 aromatic carbocycles. The fourth-order valence-electron chi connectivity index (χ4n) is 3.43. The summed E-state index contributed by atoms with van der Waals surface area (Å²) in [4.78, 5) is 37.0. The van der Waals surface area contributed by atoms with Crippen molar-refractivity contribution in [2.24, 2.45) is 0 Å². The second-order valence-electron chi connectivity index (χ2n) is 7.13. The zero-order valence-corrected chi connectivity index (χ0v) is 17.6. The maximum absolute atomic E-state index is 12.4. The first-order valence-electron chi connectivity index (χ1n) is 9.93. The third-order valence-electron chi connectivity index (χ3n) is 4.77. The van der Waals surface area contributed by atoms with Crippen molar-refractivity contribution in [3.63, 3.8) is 0 Å². The van der Waals surface area contributed by atoms with Gasteiger partial charge in [0, 0.05) is 37.4 Å². The van der Waals surface area contributed by atoms with E-state index in [4.69, 9.17) is 0 Å². The average molecular weight is 418 g/mol. The molecule has 0 fully saturated rings. The van der Waals surface area contributed by atoms with Gasteiger partial charge in [-0.15, -0.1) is 11.8 Å². The summed E-state index contributed by atoms with van der Waals surface area (Å²) in [5.41, 5.74) is 0.653. The van der Waals surface area contributed by atoms with E-state index in [9.17, 15) is 14.4 Å². The smallest absolute Gasteiger partial charge is 0.345 e. The number of para-hydroxylation sites is 1. The molecule has 2 amide bonds. The SMILES string of the molecule is CCCn1nc2n(c1=O)CCC(NC(=O)CSc1ccccc1NC(C)=O)CC2. The van der Waals surface area contributed by atoms with Crippen LogP contribution in [-0.2, 0) is 29.1 Å². The Morgan fingerprint density at radius 2 is 2.07 bits per heavy atom. The second kappa shape index (κ2) is 9.78. The molecule has 1 unspecified atom stereocenters. The highest BCUT2D eigenvalue weighted by Crippen LogP contribution is 2.26. The van der Waals surface area contributed by atoms with Crippen LogP contribution in [0.15, 0.2) is 34.0 Å². The number of benzene rings is 1. The molecule has 2 heterocycles. The van der Waals surface area contributed by atoms with Gasteiger partial charge in [0.1, 0.15) is 5.82 Å². The van der Waals surface area contributed by atoms with Crippen molar-refractivity contribution < 1.29 is 9.59 Å². The van der Waals surface area contributed by atoms with Crippen LogP contribution in [0.1, 0.15) is 38.9 Å². The minimum atomic E-state index is -0.142. The van der Waals surface area contributed by atoms with Crippen LogP contribution < -0.4 is 16.3 Å². The van der Waals surface area contributed by atoms with Gasteiger partial charge in [0.15, 0.2) is 0 Å². The Labute approximate surface area is 174 Å². The minimum absolute atomic E-state index is 0.0226. The fourth-order valence-corrected chi connectivity index (χ4v) is 4.25.